The third kappa shape index (κ3) is 3.16. The van der Waals surface area contributed by atoms with Gasteiger partial charge in [0, 0.05) is 5.41 Å². The van der Waals surface area contributed by atoms with Crippen LogP contribution >= 0.6 is 0 Å². The summed E-state index contributed by atoms with van der Waals surface area (Å²) in [6, 6.07) is 37.4. The van der Waals surface area contributed by atoms with Crippen LogP contribution in [0.1, 0.15) is 24.5 Å². The van der Waals surface area contributed by atoms with Gasteiger partial charge in [-0.15, -0.1) is 0 Å². The number of benzene rings is 5. The van der Waals surface area contributed by atoms with Gasteiger partial charge in [-0.1, -0.05) is 122 Å². The monoisotopic (exact) mass is 456 g/mol. The fourth-order valence-corrected chi connectivity index (χ4v) is 6.26. The first-order valence-corrected chi connectivity index (χ1v) is 12.6. The van der Waals surface area contributed by atoms with Gasteiger partial charge in [0.1, 0.15) is 7.85 Å². The van der Waals surface area contributed by atoms with Crippen LogP contribution in [0, 0.1) is 5.41 Å². The van der Waals surface area contributed by atoms with Crippen LogP contribution in [0.5, 0.6) is 0 Å². The van der Waals surface area contributed by atoms with Crippen LogP contribution in [0.4, 0.5) is 0 Å². The molecule has 5 aromatic carbocycles. The van der Waals surface area contributed by atoms with E-state index in [2.05, 4.69) is 122 Å². The third-order valence-electron chi connectivity index (χ3n) is 8.00. The van der Waals surface area contributed by atoms with Gasteiger partial charge in [-0.2, -0.15) is 0 Å². The molecule has 7 rings (SSSR count). The molecule has 168 valence electrons. The highest BCUT2D eigenvalue weighted by molar-refractivity contribution is 6.32. The minimum atomic E-state index is -0.168. The molecule has 36 heavy (non-hydrogen) atoms. The highest BCUT2D eigenvalue weighted by Crippen LogP contribution is 2.50. The van der Waals surface area contributed by atoms with E-state index in [9.17, 15) is 0 Å². The van der Waals surface area contributed by atoms with Crippen molar-refractivity contribution in [1.29, 1.82) is 0 Å². The molecule has 0 saturated heterocycles. The smallest absolute Gasteiger partial charge is 0.0960 e. The van der Waals surface area contributed by atoms with Crippen molar-refractivity contribution in [2.24, 2.45) is 5.41 Å². The van der Waals surface area contributed by atoms with Gasteiger partial charge < -0.3 is 0 Å². The Labute approximate surface area is 213 Å². The Morgan fingerprint density at radius 1 is 0.639 bits per heavy atom. The van der Waals surface area contributed by atoms with E-state index in [-0.39, 0.29) is 5.41 Å². The molecule has 2 aliphatic rings. The molecule has 0 N–H and O–H groups in total. The average Bonchev–Trinajstić information content (AvgIpc) is 2.91. The Bertz CT molecular complexity index is 1890. The topological polar surface area (TPSA) is 0 Å². The Kier molecular flexibility index (Phi) is 4.69. The van der Waals surface area contributed by atoms with Crippen molar-refractivity contribution in [1.82, 2.24) is 0 Å². The zero-order valence-corrected chi connectivity index (χ0v) is 20.3. The molecule has 0 spiro atoms. The Hall–Kier alpha value is -4.10. The van der Waals surface area contributed by atoms with Crippen LogP contribution < -0.4 is 15.9 Å². The number of rotatable bonds is 2. The molecule has 0 bridgehead atoms. The van der Waals surface area contributed by atoms with Crippen LogP contribution in [0.2, 0.25) is 0 Å². The van der Waals surface area contributed by atoms with Gasteiger partial charge in [0.2, 0.25) is 0 Å². The first-order chi connectivity index (χ1) is 17.6. The van der Waals surface area contributed by atoms with Crippen molar-refractivity contribution in [2.45, 2.75) is 13.3 Å². The van der Waals surface area contributed by atoms with Crippen LogP contribution in [-0.4, -0.2) is 7.85 Å². The molecular formula is C35H25B. The van der Waals surface area contributed by atoms with Crippen LogP contribution in [-0.2, 0) is 0 Å². The van der Waals surface area contributed by atoms with Crippen molar-refractivity contribution in [2.75, 3.05) is 0 Å². The van der Waals surface area contributed by atoms with Gasteiger partial charge in [-0.05, 0) is 78.4 Å². The summed E-state index contributed by atoms with van der Waals surface area (Å²) in [6.45, 7) is 2.40. The molecule has 0 fully saturated rings. The lowest BCUT2D eigenvalue weighted by molar-refractivity contribution is 0.547. The fraction of sp³-hybridized carbons (Fsp3) is 0.0857. The molecule has 0 aromatic heterocycles. The predicted molar refractivity (Wildman–Crippen MR) is 154 cm³/mol. The van der Waals surface area contributed by atoms with E-state index >= 15 is 0 Å². The van der Waals surface area contributed by atoms with Crippen molar-refractivity contribution in [3.63, 3.8) is 0 Å². The zero-order valence-electron chi connectivity index (χ0n) is 20.3. The first kappa shape index (κ1) is 21.2. The van der Waals surface area contributed by atoms with E-state index in [1.165, 1.54) is 59.8 Å². The van der Waals surface area contributed by atoms with E-state index < -0.39 is 0 Å². The molecule has 2 radical (unpaired) electrons. The van der Waals surface area contributed by atoms with Crippen molar-refractivity contribution >= 4 is 46.0 Å². The minimum absolute atomic E-state index is 0.168. The van der Waals surface area contributed by atoms with Gasteiger partial charge in [-0.25, -0.2) is 0 Å². The van der Waals surface area contributed by atoms with Gasteiger partial charge in [0.05, 0.1) is 0 Å². The molecular weight excluding hydrogens is 431 g/mol. The zero-order chi connectivity index (χ0) is 24.3. The van der Waals surface area contributed by atoms with Crippen molar-refractivity contribution in [3.05, 3.63) is 148 Å². The second-order valence-corrected chi connectivity index (χ2v) is 10.2. The molecule has 0 saturated carbocycles. The lowest BCUT2D eigenvalue weighted by Crippen LogP contribution is -2.44. The molecule has 2 aliphatic carbocycles. The molecule has 1 unspecified atom stereocenters. The number of allylic oxidation sites excluding steroid dienone is 4. The SMILES string of the molecule is [B]c1ccc2c(c1)=C(c1ccc3ccccc3c1)C1(C)CC=CC=C1C=2c1ccc2ccccc2c1. The summed E-state index contributed by atoms with van der Waals surface area (Å²) in [5.74, 6) is 0. The van der Waals surface area contributed by atoms with E-state index in [1.54, 1.807) is 0 Å². The van der Waals surface area contributed by atoms with Crippen molar-refractivity contribution in [3.8, 4) is 0 Å². The van der Waals surface area contributed by atoms with E-state index in [1.807, 2.05) is 6.07 Å². The van der Waals surface area contributed by atoms with Gasteiger partial charge in [0.15, 0.2) is 0 Å². The van der Waals surface area contributed by atoms with Gasteiger partial charge in [0.25, 0.3) is 0 Å². The van der Waals surface area contributed by atoms with Crippen LogP contribution in [0.3, 0.4) is 0 Å². The Morgan fingerprint density at radius 2 is 1.28 bits per heavy atom. The minimum Gasteiger partial charge on any atom is -0.0960 e. The number of hydrogen-bond acceptors (Lipinski definition) is 0. The highest BCUT2D eigenvalue weighted by atomic mass is 14.4. The first-order valence-electron chi connectivity index (χ1n) is 12.6. The second-order valence-electron chi connectivity index (χ2n) is 10.2. The summed E-state index contributed by atoms with van der Waals surface area (Å²) in [7, 11) is 6.43. The molecule has 1 atom stereocenters. The Balaban J connectivity index is 1.64. The second kappa shape index (κ2) is 7.97. The molecule has 0 nitrogen and oxygen atoms in total. The normalized spacial score (nSPS) is 18.8. The van der Waals surface area contributed by atoms with Crippen molar-refractivity contribution < 1.29 is 0 Å². The van der Waals surface area contributed by atoms with E-state index in [0.29, 0.717) is 0 Å². The lowest BCUT2D eigenvalue weighted by atomic mass is 9.62. The quantitative estimate of drug-likeness (QED) is 0.282. The molecule has 5 aromatic rings. The number of fused-ring (bicyclic) bond motifs is 4. The number of hydrogen-bond donors (Lipinski definition) is 0. The summed E-state index contributed by atoms with van der Waals surface area (Å²) in [5, 5.41) is 7.54. The standard InChI is InChI=1S/C35H25B/c1-35-19-7-6-12-32(35)33(27-15-13-23-8-2-4-10-25(23)20-27)30-18-17-29(36)22-31(30)34(35)28-16-14-24-9-3-5-11-26(24)21-28/h2-18,20-22H,19H2,1H3. The maximum Gasteiger partial charge on any atom is 0.113 e. The predicted octanol–water partition coefficient (Wildman–Crippen LogP) is 6.09. The third-order valence-corrected chi connectivity index (χ3v) is 8.00. The molecule has 1 heteroatoms. The van der Waals surface area contributed by atoms with Crippen LogP contribution in [0.15, 0.2) is 127 Å². The lowest BCUT2D eigenvalue weighted by Gasteiger charge is -2.40. The summed E-state index contributed by atoms with van der Waals surface area (Å²) in [4.78, 5) is 0. The molecule has 0 amide bonds. The largest absolute Gasteiger partial charge is 0.113 e. The average molecular weight is 456 g/mol. The maximum atomic E-state index is 6.43. The van der Waals surface area contributed by atoms with Gasteiger partial charge in [-0.3, -0.25) is 0 Å². The van der Waals surface area contributed by atoms with E-state index in [0.717, 1.165) is 11.9 Å². The van der Waals surface area contributed by atoms with E-state index in [4.69, 9.17) is 7.85 Å². The molecule has 0 heterocycles. The summed E-state index contributed by atoms with van der Waals surface area (Å²) < 4.78 is 0. The summed E-state index contributed by atoms with van der Waals surface area (Å²) >= 11 is 0. The van der Waals surface area contributed by atoms with Crippen LogP contribution in [0.25, 0.3) is 32.7 Å². The Morgan fingerprint density at radius 3 is 2.00 bits per heavy atom. The molecule has 0 aliphatic heterocycles. The summed E-state index contributed by atoms with van der Waals surface area (Å²) in [5.41, 5.74) is 7.20. The fourth-order valence-electron chi connectivity index (χ4n) is 6.26. The van der Waals surface area contributed by atoms with Gasteiger partial charge >= 0.3 is 0 Å². The summed E-state index contributed by atoms with van der Waals surface area (Å²) in [6.07, 6.45) is 7.80. The highest BCUT2D eigenvalue weighted by Gasteiger charge is 2.39. The maximum absolute atomic E-state index is 6.43.